The van der Waals surface area contributed by atoms with Gasteiger partial charge in [-0.15, -0.1) is 0 Å². The molecule has 2 aromatic rings. The molecule has 1 aliphatic heterocycles. The van der Waals surface area contributed by atoms with Gasteiger partial charge in [-0.1, -0.05) is 15.9 Å². The van der Waals surface area contributed by atoms with Crippen molar-refractivity contribution in [3.8, 4) is 17.2 Å². The van der Waals surface area contributed by atoms with Gasteiger partial charge < -0.3 is 14.2 Å². The highest BCUT2D eigenvalue weighted by molar-refractivity contribution is 9.10. The van der Waals surface area contributed by atoms with E-state index < -0.39 is 17.8 Å². The molecule has 1 heterocycles. The minimum absolute atomic E-state index is 0.224. The van der Waals surface area contributed by atoms with Gasteiger partial charge in [0.05, 0.1) is 27.0 Å². The van der Waals surface area contributed by atoms with E-state index in [0.717, 1.165) is 9.37 Å². The maximum Gasteiger partial charge on any atom is 0.335 e. The molecular weight excluding hydrogens is 444 g/mol. The first-order valence-electron chi connectivity index (χ1n) is 8.37. The Morgan fingerprint density at radius 3 is 2.14 bits per heavy atom. The summed E-state index contributed by atoms with van der Waals surface area (Å²) >= 11 is 3.30. The lowest BCUT2D eigenvalue weighted by atomic mass is 10.1. The van der Waals surface area contributed by atoms with Crippen LogP contribution in [0, 0.1) is 0 Å². The number of hydrogen-bond donors (Lipinski definition) is 1. The maximum atomic E-state index is 13.0. The van der Waals surface area contributed by atoms with E-state index in [1.165, 1.54) is 27.4 Å². The first kappa shape index (κ1) is 20.4. The quantitative estimate of drug-likeness (QED) is 0.543. The molecule has 0 unspecified atom stereocenters. The van der Waals surface area contributed by atoms with Crippen LogP contribution in [0.2, 0.25) is 0 Å². The lowest BCUT2D eigenvalue weighted by Crippen LogP contribution is -2.54. The maximum absolute atomic E-state index is 13.0. The number of nitrogens with one attached hydrogen (secondary N) is 1. The molecule has 0 radical (unpaired) electrons. The van der Waals surface area contributed by atoms with E-state index in [0.29, 0.717) is 22.7 Å². The molecule has 0 bridgehead atoms. The summed E-state index contributed by atoms with van der Waals surface area (Å²) < 4.78 is 16.7. The van der Waals surface area contributed by atoms with Gasteiger partial charge in [0, 0.05) is 10.0 Å². The minimum Gasteiger partial charge on any atom is -0.493 e. The first-order chi connectivity index (χ1) is 13.9. The molecule has 8 nitrogen and oxygen atoms in total. The largest absolute Gasteiger partial charge is 0.493 e. The fourth-order valence-electron chi connectivity index (χ4n) is 2.88. The van der Waals surface area contributed by atoms with Crippen molar-refractivity contribution in [2.24, 2.45) is 0 Å². The number of benzene rings is 2. The third-order valence-corrected chi connectivity index (χ3v) is 4.75. The van der Waals surface area contributed by atoms with Crippen molar-refractivity contribution in [3.05, 3.63) is 52.0 Å². The SMILES string of the molecule is COc1ccc(C=C2C(=O)NC(=O)N(c3ccc(Br)cc3)C2=O)c(OC)c1OC. The average molecular weight is 461 g/mol. The second kappa shape index (κ2) is 8.36. The molecule has 150 valence electrons. The van der Waals surface area contributed by atoms with E-state index in [4.69, 9.17) is 14.2 Å². The zero-order chi connectivity index (χ0) is 21.1. The zero-order valence-electron chi connectivity index (χ0n) is 15.8. The van der Waals surface area contributed by atoms with E-state index >= 15 is 0 Å². The molecule has 1 saturated heterocycles. The summed E-state index contributed by atoms with van der Waals surface area (Å²) in [6, 6.07) is 8.97. The van der Waals surface area contributed by atoms with Gasteiger partial charge in [-0.2, -0.15) is 0 Å². The van der Waals surface area contributed by atoms with Crippen LogP contribution < -0.4 is 24.4 Å². The summed E-state index contributed by atoms with van der Waals surface area (Å²) in [4.78, 5) is 38.5. The Bertz CT molecular complexity index is 1020. The van der Waals surface area contributed by atoms with Crippen LogP contribution in [0.5, 0.6) is 17.2 Å². The van der Waals surface area contributed by atoms with Gasteiger partial charge in [0.2, 0.25) is 5.75 Å². The van der Waals surface area contributed by atoms with Crippen molar-refractivity contribution < 1.29 is 28.6 Å². The number of hydrogen-bond acceptors (Lipinski definition) is 6. The molecule has 0 aliphatic carbocycles. The minimum atomic E-state index is -0.821. The topological polar surface area (TPSA) is 94.2 Å². The smallest absolute Gasteiger partial charge is 0.335 e. The first-order valence-corrected chi connectivity index (χ1v) is 9.16. The van der Waals surface area contributed by atoms with Crippen molar-refractivity contribution in [1.82, 2.24) is 5.32 Å². The Labute approximate surface area is 175 Å². The van der Waals surface area contributed by atoms with E-state index in [1.54, 1.807) is 36.4 Å². The van der Waals surface area contributed by atoms with E-state index in [-0.39, 0.29) is 11.3 Å². The van der Waals surface area contributed by atoms with Crippen LogP contribution in [0.1, 0.15) is 5.56 Å². The molecule has 0 saturated carbocycles. The van der Waals surface area contributed by atoms with Crippen LogP contribution in [-0.2, 0) is 9.59 Å². The van der Waals surface area contributed by atoms with Gasteiger partial charge in [0.25, 0.3) is 11.8 Å². The number of anilines is 1. The highest BCUT2D eigenvalue weighted by atomic mass is 79.9. The number of ether oxygens (including phenoxy) is 3. The Morgan fingerprint density at radius 2 is 1.55 bits per heavy atom. The number of carbonyl (C=O) groups is 3. The molecule has 29 heavy (non-hydrogen) atoms. The molecule has 0 spiro atoms. The molecule has 0 atom stereocenters. The molecule has 4 amide bonds. The zero-order valence-corrected chi connectivity index (χ0v) is 17.4. The highest BCUT2D eigenvalue weighted by Gasteiger charge is 2.37. The lowest BCUT2D eigenvalue weighted by molar-refractivity contribution is -0.122. The number of nitrogens with zero attached hydrogens (tertiary/aromatic N) is 1. The van der Waals surface area contributed by atoms with Gasteiger partial charge in [-0.3, -0.25) is 14.9 Å². The Balaban J connectivity index is 2.08. The van der Waals surface area contributed by atoms with Crippen LogP contribution in [-0.4, -0.2) is 39.2 Å². The predicted molar refractivity (Wildman–Crippen MR) is 109 cm³/mol. The molecular formula is C20H17BrN2O6. The standard InChI is InChI=1S/C20H17BrN2O6/c1-27-15-9-4-11(16(28-2)17(15)29-3)10-14-18(24)22-20(26)23(19(14)25)13-7-5-12(21)6-8-13/h4-10H,1-3H3,(H,22,24,26). The van der Waals surface area contributed by atoms with Gasteiger partial charge in [0.1, 0.15) is 5.57 Å². The molecule has 3 rings (SSSR count). The van der Waals surface area contributed by atoms with Crippen LogP contribution in [0.3, 0.4) is 0 Å². The fraction of sp³-hybridized carbons (Fsp3) is 0.150. The number of amides is 4. The van der Waals surface area contributed by atoms with Crippen LogP contribution in [0.4, 0.5) is 10.5 Å². The third kappa shape index (κ3) is 3.81. The molecule has 0 aromatic heterocycles. The lowest BCUT2D eigenvalue weighted by Gasteiger charge is -2.26. The van der Waals surface area contributed by atoms with Crippen molar-refractivity contribution in [3.63, 3.8) is 0 Å². The molecule has 1 fully saturated rings. The van der Waals surface area contributed by atoms with Gasteiger partial charge >= 0.3 is 6.03 Å². The van der Waals surface area contributed by atoms with Gasteiger partial charge in [0.15, 0.2) is 11.5 Å². The highest BCUT2D eigenvalue weighted by Crippen LogP contribution is 2.40. The summed E-state index contributed by atoms with van der Waals surface area (Å²) in [5.41, 5.74) is 0.514. The van der Waals surface area contributed by atoms with Crippen LogP contribution >= 0.6 is 15.9 Å². The number of imide groups is 2. The molecule has 1 N–H and O–H groups in total. The summed E-state index contributed by atoms with van der Waals surface area (Å²) in [6.45, 7) is 0. The Hall–Kier alpha value is -3.33. The molecule has 2 aromatic carbocycles. The number of urea groups is 1. The Kier molecular flexibility index (Phi) is 5.88. The van der Waals surface area contributed by atoms with E-state index in [1.807, 2.05) is 0 Å². The normalized spacial score (nSPS) is 15.4. The summed E-state index contributed by atoms with van der Waals surface area (Å²) in [7, 11) is 4.36. The second-order valence-electron chi connectivity index (χ2n) is 5.86. The number of methoxy groups -OCH3 is 3. The van der Waals surface area contributed by atoms with E-state index in [2.05, 4.69) is 21.2 Å². The number of rotatable bonds is 5. The number of barbiturate groups is 1. The molecule has 9 heteroatoms. The van der Waals surface area contributed by atoms with Gasteiger partial charge in [-0.05, 0) is 42.5 Å². The van der Waals surface area contributed by atoms with Crippen LogP contribution in [0.25, 0.3) is 6.08 Å². The average Bonchev–Trinajstić information content (AvgIpc) is 2.71. The number of carbonyl (C=O) groups excluding carboxylic acids is 3. The number of halogens is 1. The van der Waals surface area contributed by atoms with Crippen molar-refractivity contribution in [2.75, 3.05) is 26.2 Å². The van der Waals surface area contributed by atoms with Crippen molar-refractivity contribution in [2.45, 2.75) is 0 Å². The molecule has 1 aliphatic rings. The van der Waals surface area contributed by atoms with Gasteiger partial charge in [-0.25, -0.2) is 9.69 Å². The van der Waals surface area contributed by atoms with E-state index in [9.17, 15) is 14.4 Å². The van der Waals surface area contributed by atoms with Crippen molar-refractivity contribution >= 4 is 45.5 Å². The summed E-state index contributed by atoms with van der Waals surface area (Å²) in [6.07, 6.45) is 1.34. The fourth-order valence-corrected chi connectivity index (χ4v) is 3.14. The van der Waals surface area contributed by atoms with Crippen LogP contribution in [0.15, 0.2) is 46.4 Å². The monoisotopic (exact) mass is 460 g/mol. The summed E-state index contributed by atoms with van der Waals surface area (Å²) in [5, 5.41) is 2.18. The Morgan fingerprint density at radius 1 is 0.897 bits per heavy atom. The second-order valence-corrected chi connectivity index (χ2v) is 6.77. The third-order valence-electron chi connectivity index (χ3n) is 4.22. The predicted octanol–water partition coefficient (Wildman–Crippen LogP) is 3.14. The summed E-state index contributed by atoms with van der Waals surface area (Å²) in [5.74, 6) is -0.526. The van der Waals surface area contributed by atoms with Crippen molar-refractivity contribution in [1.29, 1.82) is 0 Å².